The highest BCUT2D eigenvalue weighted by Crippen LogP contribution is 2.50. The van der Waals surface area contributed by atoms with Crippen LogP contribution >= 0.6 is 0 Å². The van der Waals surface area contributed by atoms with Crippen LogP contribution in [0.2, 0.25) is 0 Å². The Morgan fingerprint density at radius 3 is 1.80 bits per heavy atom. The van der Waals surface area contributed by atoms with Crippen LogP contribution in [0.3, 0.4) is 0 Å². The fourth-order valence-corrected chi connectivity index (χ4v) is 8.67. The number of para-hydroxylation sites is 1. The van der Waals surface area contributed by atoms with E-state index in [1.54, 1.807) is 0 Å². The average Bonchev–Trinajstić information content (AvgIpc) is 3.56. The van der Waals surface area contributed by atoms with Crippen molar-refractivity contribution >= 4 is 60.3 Å². The van der Waals surface area contributed by atoms with Crippen LogP contribution in [0.5, 0.6) is 0 Å². The maximum atomic E-state index is 10.4. The number of nitriles is 1. The first kappa shape index (κ1) is 28.6. The van der Waals surface area contributed by atoms with E-state index in [0.717, 1.165) is 72.5 Å². The van der Waals surface area contributed by atoms with Gasteiger partial charge in [0.1, 0.15) is 17.2 Å². The van der Waals surface area contributed by atoms with Crippen molar-refractivity contribution in [3.8, 4) is 39.4 Å². The van der Waals surface area contributed by atoms with Gasteiger partial charge >= 0.3 is 0 Å². The molecule has 1 heterocycles. The van der Waals surface area contributed by atoms with Crippen molar-refractivity contribution in [1.29, 1.82) is 5.26 Å². The number of fused-ring (bicyclic) bond motifs is 7. The Morgan fingerprint density at radius 2 is 1.12 bits per heavy atom. The quantitative estimate of drug-likeness (QED) is 0.181. The van der Waals surface area contributed by atoms with Gasteiger partial charge in [-0.1, -0.05) is 153 Å². The van der Waals surface area contributed by atoms with Crippen molar-refractivity contribution in [1.82, 2.24) is 0 Å². The molecule has 8 aromatic carbocycles. The van der Waals surface area contributed by atoms with Gasteiger partial charge in [-0.2, -0.15) is 5.26 Å². The summed E-state index contributed by atoms with van der Waals surface area (Å²) in [6, 6.07) is 52.3. The zero-order valence-corrected chi connectivity index (χ0v) is 27.6. The molecule has 1 aliphatic rings. The molecule has 1 aliphatic carbocycles. The lowest BCUT2D eigenvalue weighted by Gasteiger charge is -2.24. The number of allylic oxidation sites excluding steroid dienone is 1. The highest BCUT2D eigenvalue weighted by molar-refractivity contribution is 6.26. The molecular formula is C48H31NO. The molecule has 0 amide bonds. The van der Waals surface area contributed by atoms with Crippen LogP contribution < -0.4 is 0 Å². The molecule has 0 saturated heterocycles. The summed E-state index contributed by atoms with van der Waals surface area (Å²) < 4.78 is 6.95. The molecule has 0 fully saturated rings. The second kappa shape index (κ2) is 11.1. The largest absolute Gasteiger partial charge is 0.455 e. The molecular weight excluding hydrogens is 607 g/mol. The molecule has 0 saturated carbocycles. The van der Waals surface area contributed by atoms with Crippen molar-refractivity contribution in [2.24, 2.45) is 0 Å². The van der Waals surface area contributed by atoms with Gasteiger partial charge in [-0.3, -0.25) is 0 Å². The Labute approximate surface area is 290 Å². The predicted molar refractivity (Wildman–Crippen MR) is 209 cm³/mol. The van der Waals surface area contributed by atoms with Crippen LogP contribution in [0, 0.1) is 11.3 Å². The zero-order chi connectivity index (χ0) is 33.3. The van der Waals surface area contributed by atoms with E-state index in [9.17, 15) is 5.26 Å². The summed E-state index contributed by atoms with van der Waals surface area (Å²) >= 11 is 0. The minimum absolute atomic E-state index is 0.245. The lowest BCUT2D eigenvalue weighted by atomic mass is 9.78. The molecule has 9 aromatic rings. The van der Waals surface area contributed by atoms with Gasteiger partial charge in [0.05, 0.1) is 5.56 Å². The number of rotatable bonds is 3. The van der Waals surface area contributed by atoms with Gasteiger partial charge in [0.2, 0.25) is 0 Å². The third-order valence-electron chi connectivity index (χ3n) is 10.7. The van der Waals surface area contributed by atoms with Crippen molar-refractivity contribution in [2.75, 3.05) is 0 Å². The van der Waals surface area contributed by atoms with Gasteiger partial charge in [0, 0.05) is 27.3 Å². The molecule has 10 rings (SSSR count). The summed E-state index contributed by atoms with van der Waals surface area (Å²) in [5, 5.41) is 19.6. The first-order valence-corrected chi connectivity index (χ1v) is 17.3. The zero-order valence-electron chi connectivity index (χ0n) is 27.6. The van der Waals surface area contributed by atoms with Gasteiger partial charge in [-0.15, -0.1) is 0 Å². The lowest BCUT2D eigenvalue weighted by Crippen LogP contribution is -2.06. The monoisotopic (exact) mass is 637 g/mol. The van der Waals surface area contributed by atoms with Crippen molar-refractivity contribution < 1.29 is 4.42 Å². The molecule has 0 radical (unpaired) electrons. The molecule has 234 valence electrons. The molecule has 2 nitrogen and oxygen atoms in total. The van der Waals surface area contributed by atoms with E-state index in [0.29, 0.717) is 0 Å². The van der Waals surface area contributed by atoms with Crippen LogP contribution in [-0.4, -0.2) is 0 Å². The number of hydrogen-bond donors (Lipinski definition) is 0. The van der Waals surface area contributed by atoms with E-state index in [1.807, 2.05) is 6.07 Å². The molecule has 0 spiro atoms. The van der Waals surface area contributed by atoms with Gasteiger partial charge in [0.25, 0.3) is 0 Å². The van der Waals surface area contributed by atoms with Gasteiger partial charge < -0.3 is 4.42 Å². The van der Waals surface area contributed by atoms with Crippen molar-refractivity contribution in [3.05, 3.63) is 162 Å². The smallest absolute Gasteiger partial charge is 0.143 e. The second-order valence-electron chi connectivity index (χ2n) is 13.4. The van der Waals surface area contributed by atoms with Crippen LogP contribution in [0.4, 0.5) is 0 Å². The van der Waals surface area contributed by atoms with E-state index in [2.05, 4.69) is 159 Å². The van der Waals surface area contributed by atoms with Gasteiger partial charge in [-0.25, -0.2) is 0 Å². The summed E-state index contributed by atoms with van der Waals surface area (Å²) in [6.07, 6.45) is 5.39. The summed E-state index contributed by atoms with van der Waals surface area (Å²) in [5.74, 6) is 0.245. The molecule has 50 heavy (non-hydrogen) atoms. The Hall–Kier alpha value is -6.43. The minimum atomic E-state index is 0.245. The van der Waals surface area contributed by atoms with Crippen LogP contribution in [0.25, 0.3) is 93.7 Å². The normalized spacial score (nSPS) is 14.1. The Balaban J connectivity index is 1.32. The first-order chi connectivity index (χ1) is 24.7. The fourth-order valence-electron chi connectivity index (χ4n) is 8.67. The van der Waals surface area contributed by atoms with Crippen LogP contribution in [0.15, 0.2) is 150 Å². The molecule has 1 atom stereocenters. The van der Waals surface area contributed by atoms with E-state index in [1.165, 1.54) is 38.2 Å². The van der Waals surface area contributed by atoms with E-state index >= 15 is 0 Å². The number of benzene rings is 8. The van der Waals surface area contributed by atoms with E-state index in [-0.39, 0.29) is 5.92 Å². The SMILES string of the molecule is CC1CC=Cc2c1c(C#N)c1ccccc1c2-c1cccc2c1oc1cccc(-c3c4ccccc4c(-c4ccccc4)c4ccccc34)c12. The topological polar surface area (TPSA) is 36.9 Å². The summed E-state index contributed by atoms with van der Waals surface area (Å²) in [6.45, 7) is 2.23. The molecule has 1 aromatic heterocycles. The van der Waals surface area contributed by atoms with E-state index < -0.39 is 0 Å². The van der Waals surface area contributed by atoms with Gasteiger partial charge in [-0.05, 0) is 78.7 Å². The standard InChI is InChI=1S/C48H31NO/c1-29-14-11-23-37-43(29)41(28-49)31-17-5-6-18-32(31)46(37)39-25-12-26-40-47-38(24-13-27-42(47)50-48(39)40)45-35-21-9-7-19-33(35)44(30-15-3-2-4-16-30)34-20-8-10-22-36(34)45/h2-13,15-27,29H,14H2,1H3. The summed E-state index contributed by atoms with van der Waals surface area (Å²) in [7, 11) is 0. The molecule has 0 aliphatic heterocycles. The predicted octanol–water partition coefficient (Wildman–Crippen LogP) is 13.4. The molecule has 2 heteroatoms. The number of hydrogen-bond acceptors (Lipinski definition) is 2. The Morgan fingerprint density at radius 1 is 0.560 bits per heavy atom. The van der Waals surface area contributed by atoms with E-state index in [4.69, 9.17) is 4.42 Å². The van der Waals surface area contributed by atoms with Gasteiger partial charge in [0.15, 0.2) is 0 Å². The maximum Gasteiger partial charge on any atom is 0.143 e. The average molecular weight is 638 g/mol. The Bertz CT molecular complexity index is 2860. The molecule has 0 N–H and O–H groups in total. The molecule has 0 bridgehead atoms. The molecule has 1 unspecified atom stereocenters. The van der Waals surface area contributed by atoms with Crippen molar-refractivity contribution in [2.45, 2.75) is 19.3 Å². The first-order valence-electron chi connectivity index (χ1n) is 17.3. The summed E-state index contributed by atoms with van der Waals surface area (Å²) in [4.78, 5) is 0. The highest BCUT2D eigenvalue weighted by Gasteiger charge is 2.27. The highest BCUT2D eigenvalue weighted by atomic mass is 16.3. The summed E-state index contributed by atoms with van der Waals surface area (Å²) in [5.41, 5.74) is 11.8. The minimum Gasteiger partial charge on any atom is -0.455 e. The third kappa shape index (κ3) is 4.01. The Kier molecular flexibility index (Phi) is 6.32. The maximum absolute atomic E-state index is 10.4. The van der Waals surface area contributed by atoms with Crippen molar-refractivity contribution in [3.63, 3.8) is 0 Å². The number of nitrogens with zero attached hydrogens (tertiary/aromatic N) is 1. The number of furan rings is 1. The fraction of sp³-hybridized carbons (Fsp3) is 0.0625. The third-order valence-corrected chi connectivity index (χ3v) is 10.7. The van der Waals surface area contributed by atoms with Crippen LogP contribution in [-0.2, 0) is 0 Å². The second-order valence-corrected chi connectivity index (χ2v) is 13.4. The van der Waals surface area contributed by atoms with Crippen LogP contribution in [0.1, 0.15) is 36.0 Å². The lowest BCUT2D eigenvalue weighted by molar-refractivity contribution is 0.670.